The molecule has 0 bridgehead atoms. The van der Waals surface area contributed by atoms with Gasteiger partial charge in [0.25, 0.3) is 5.91 Å². The Hall–Kier alpha value is -3.08. The van der Waals surface area contributed by atoms with Gasteiger partial charge in [-0.15, -0.1) is 0 Å². The average Bonchev–Trinajstić information content (AvgIpc) is 3.04. The van der Waals surface area contributed by atoms with E-state index in [0.29, 0.717) is 12.0 Å². The highest BCUT2D eigenvalue weighted by Gasteiger charge is 2.23. The first-order chi connectivity index (χ1) is 12.5. The van der Waals surface area contributed by atoms with E-state index in [1.54, 1.807) is 24.3 Å². The molecule has 0 aliphatic rings. The molecule has 0 saturated carbocycles. The maximum absolute atomic E-state index is 12.6. The summed E-state index contributed by atoms with van der Waals surface area (Å²) in [4.78, 5) is 28.4. The number of carbonyl (C=O) groups is 2. The first kappa shape index (κ1) is 17.7. The van der Waals surface area contributed by atoms with Gasteiger partial charge in [0.1, 0.15) is 6.04 Å². The van der Waals surface area contributed by atoms with E-state index in [4.69, 9.17) is 0 Å². The van der Waals surface area contributed by atoms with Crippen molar-refractivity contribution in [3.8, 4) is 0 Å². The van der Waals surface area contributed by atoms with Crippen LogP contribution in [0.25, 0.3) is 10.9 Å². The van der Waals surface area contributed by atoms with Gasteiger partial charge in [-0.3, -0.25) is 9.59 Å². The zero-order chi connectivity index (χ0) is 18.5. The van der Waals surface area contributed by atoms with Gasteiger partial charge in [-0.1, -0.05) is 36.4 Å². The summed E-state index contributed by atoms with van der Waals surface area (Å²) in [6, 6.07) is 16.2. The van der Waals surface area contributed by atoms with Crippen LogP contribution in [-0.4, -0.2) is 28.9 Å². The van der Waals surface area contributed by atoms with Crippen molar-refractivity contribution >= 4 is 22.7 Å². The Kier molecular flexibility index (Phi) is 5.37. The Morgan fingerprint density at radius 1 is 0.962 bits per heavy atom. The Morgan fingerprint density at radius 2 is 1.65 bits per heavy atom. The number of aromatic nitrogens is 1. The summed E-state index contributed by atoms with van der Waals surface area (Å²) in [5.41, 5.74) is 2.55. The summed E-state index contributed by atoms with van der Waals surface area (Å²) in [5.74, 6) is -0.441. The number of fused-ring (bicyclic) bond motifs is 1. The molecule has 1 aromatic heterocycles. The number of benzene rings is 2. The fraction of sp³-hybridized carbons (Fsp3) is 0.238. The van der Waals surface area contributed by atoms with Gasteiger partial charge in [0, 0.05) is 35.1 Å². The fourth-order valence-electron chi connectivity index (χ4n) is 2.95. The zero-order valence-electron chi connectivity index (χ0n) is 15.0. The topological polar surface area (TPSA) is 74.0 Å². The van der Waals surface area contributed by atoms with Crippen LogP contribution < -0.4 is 10.6 Å². The van der Waals surface area contributed by atoms with Crippen LogP contribution in [0.5, 0.6) is 0 Å². The Morgan fingerprint density at radius 3 is 2.38 bits per heavy atom. The van der Waals surface area contributed by atoms with Crippen LogP contribution >= 0.6 is 0 Å². The largest absolute Gasteiger partial charge is 0.361 e. The lowest BCUT2D eigenvalue weighted by molar-refractivity contribution is -0.123. The normalized spacial score (nSPS) is 12.1. The second-order valence-corrected chi connectivity index (χ2v) is 6.62. The Bertz CT molecular complexity index is 900. The van der Waals surface area contributed by atoms with Crippen molar-refractivity contribution in [3.63, 3.8) is 0 Å². The highest BCUT2D eigenvalue weighted by atomic mass is 16.2. The summed E-state index contributed by atoms with van der Waals surface area (Å²) in [5, 5.41) is 6.83. The number of amides is 2. The molecular weight excluding hydrogens is 326 g/mol. The van der Waals surface area contributed by atoms with Crippen LogP contribution in [0.2, 0.25) is 0 Å². The molecule has 3 N–H and O–H groups in total. The molecule has 5 nitrogen and oxygen atoms in total. The predicted octanol–water partition coefficient (Wildman–Crippen LogP) is 3.03. The third-order valence-electron chi connectivity index (χ3n) is 4.19. The van der Waals surface area contributed by atoms with Gasteiger partial charge >= 0.3 is 0 Å². The van der Waals surface area contributed by atoms with Crippen molar-refractivity contribution < 1.29 is 9.59 Å². The van der Waals surface area contributed by atoms with Gasteiger partial charge in [0.05, 0.1) is 0 Å². The average molecular weight is 349 g/mol. The molecule has 3 aromatic rings. The van der Waals surface area contributed by atoms with E-state index in [2.05, 4.69) is 15.6 Å². The molecule has 1 heterocycles. The van der Waals surface area contributed by atoms with E-state index in [-0.39, 0.29) is 17.9 Å². The van der Waals surface area contributed by atoms with Gasteiger partial charge in [-0.25, -0.2) is 0 Å². The number of hydrogen-bond donors (Lipinski definition) is 3. The van der Waals surface area contributed by atoms with Crippen molar-refractivity contribution in [2.24, 2.45) is 0 Å². The molecule has 0 aliphatic carbocycles. The van der Waals surface area contributed by atoms with Crippen LogP contribution in [-0.2, 0) is 11.2 Å². The molecule has 2 amide bonds. The lowest BCUT2D eigenvalue weighted by atomic mass is 10.0. The van der Waals surface area contributed by atoms with Crippen molar-refractivity contribution in [3.05, 3.63) is 71.9 Å². The van der Waals surface area contributed by atoms with Gasteiger partial charge in [-0.05, 0) is 37.6 Å². The Labute approximate surface area is 152 Å². The number of H-pyrrole nitrogens is 1. The molecule has 134 valence electrons. The monoisotopic (exact) mass is 349 g/mol. The molecule has 0 spiro atoms. The van der Waals surface area contributed by atoms with Crippen LogP contribution in [0.1, 0.15) is 29.8 Å². The number of aromatic amines is 1. The number of rotatable bonds is 6. The minimum Gasteiger partial charge on any atom is -0.361 e. The molecule has 0 radical (unpaired) electrons. The van der Waals surface area contributed by atoms with Gasteiger partial charge in [-0.2, -0.15) is 0 Å². The van der Waals surface area contributed by atoms with Crippen molar-refractivity contribution in [2.45, 2.75) is 32.4 Å². The Balaban J connectivity index is 1.83. The third kappa shape index (κ3) is 4.11. The van der Waals surface area contributed by atoms with Crippen LogP contribution in [0, 0.1) is 0 Å². The molecule has 0 saturated heterocycles. The highest BCUT2D eigenvalue weighted by Crippen LogP contribution is 2.19. The molecule has 0 unspecified atom stereocenters. The minimum absolute atomic E-state index is 0.00148. The molecule has 0 fully saturated rings. The number of carbonyl (C=O) groups excluding carboxylic acids is 2. The molecule has 0 aliphatic heterocycles. The molecular formula is C21H23N3O2. The van der Waals surface area contributed by atoms with E-state index in [1.165, 1.54) is 0 Å². The van der Waals surface area contributed by atoms with Gasteiger partial charge < -0.3 is 15.6 Å². The molecule has 3 rings (SSSR count). The SMILES string of the molecule is CC(C)NC(=O)[C@@H](Cc1c[nH]c2ccccc12)NC(=O)c1ccccc1. The molecule has 2 aromatic carbocycles. The maximum atomic E-state index is 12.6. The van der Waals surface area contributed by atoms with Gasteiger partial charge in [0.2, 0.25) is 5.91 Å². The summed E-state index contributed by atoms with van der Waals surface area (Å²) >= 11 is 0. The molecule has 26 heavy (non-hydrogen) atoms. The molecule has 1 atom stereocenters. The van der Waals surface area contributed by atoms with E-state index < -0.39 is 6.04 Å². The number of hydrogen-bond acceptors (Lipinski definition) is 2. The summed E-state index contributed by atoms with van der Waals surface area (Å²) in [7, 11) is 0. The van der Waals surface area contributed by atoms with E-state index in [9.17, 15) is 9.59 Å². The summed E-state index contributed by atoms with van der Waals surface area (Å²) < 4.78 is 0. The first-order valence-electron chi connectivity index (χ1n) is 8.76. The smallest absolute Gasteiger partial charge is 0.251 e. The number of para-hydroxylation sites is 1. The first-order valence-corrected chi connectivity index (χ1v) is 8.76. The van der Waals surface area contributed by atoms with Crippen molar-refractivity contribution in [2.75, 3.05) is 0 Å². The lowest BCUT2D eigenvalue weighted by Crippen LogP contribution is -2.49. The summed E-state index contributed by atoms with van der Waals surface area (Å²) in [6.45, 7) is 3.80. The fourth-order valence-corrected chi connectivity index (χ4v) is 2.95. The van der Waals surface area contributed by atoms with E-state index in [1.807, 2.05) is 50.4 Å². The van der Waals surface area contributed by atoms with E-state index >= 15 is 0 Å². The quantitative estimate of drug-likeness (QED) is 0.640. The lowest BCUT2D eigenvalue weighted by Gasteiger charge is -2.20. The zero-order valence-corrected chi connectivity index (χ0v) is 15.0. The van der Waals surface area contributed by atoms with Crippen LogP contribution in [0.3, 0.4) is 0 Å². The third-order valence-corrected chi connectivity index (χ3v) is 4.19. The maximum Gasteiger partial charge on any atom is 0.251 e. The second-order valence-electron chi connectivity index (χ2n) is 6.62. The second kappa shape index (κ2) is 7.87. The van der Waals surface area contributed by atoms with E-state index in [0.717, 1.165) is 16.5 Å². The van der Waals surface area contributed by atoms with Crippen LogP contribution in [0.15, 0.2) is 60.8 Å². The predicted molar refractivity (Wildman–Crippen MR) is 103 cm³/mol. The van der Waals surface area contributed by atoms with Crippen molar-refractivity contribution in [1.82, 2.24) is 15.6 Å². The standard InChI is InChI=1S/C21H23N3O2/c1-14(2)23-21(26)19(24-20(25)15-8-4-3-5-9-15)12-16-13-22-18-11-7-6-10-17(16)18/h3-11,13-14,19,22H,12H2,1-2H3,(H,23,26)(H,24,25)/t19-/m1/s1. The minimum atomic E-state index is -0.649. The van der Waals surface area contributed by atoms with Crippen molar-refractivity contribution in [1.29, 1.82) is 0 Å². The highest BCUT2D eigenvalue weighted by molar-refractivity contribution is 5.98. The number of nitrogens with one attached hydrogen (secondary N) is 3. The van der Waals surface area contributed by atoms with Crippen LogP contribution in [0.4, 0.5) is 0 Å². The summed E-state index contributed by atoms with van der Waals surface area (Å²) in [6.07, 6.45) is 2.32. The molecule has 5 heteroatoms. The van der Waals surface area contributed by atoms with Gasteiger partial charge in [0.15, 0.2) is 0 Å².